The second-order valence-corrected chi connectivity index (χ2v) is 6.19. The molecular weight excluding hydrogens is 330 g/mol. The summed E-state index contributed by atoms with van der Waals surface area (Å²) >= 11 is 6.00. The van der Waals surface area contributed by atoms with Crippen LogP contribution in [0.5, 0.6) is 0 Å². The fourth-order valence-corrected chi connectivity index (χ4v) is 2.81. The predicted octanol–water partition coefficient (Wildman–Crippen LogP) is 1.83. The van der Waals surface area contributed by atoms with E-state index < -0.39 is 0 Å². The number of carbonyl (C=O) groups excluding carboxylic acids is 1. The van der Waals surface area contributed by atoms with Crippen molar-refractivity contribution >= 4 is 17.5 Å². The predicted molar refractivity (Wildman–Crippen MR) is 90.4 cm³/mol. The Morgan fingerprint density at radius 1 is 1.42 bits per heavy atom. The molecule has 24 heavy (non-hydrogen) atoms. The third-order valence-electron chi connectivity index (χ3n) is 3.99. The molecule has 1 aliphatic rings. The largest absolute Gasteiger partial charge is 0.383 e. The first-order valence-electron chi connectivity index (χ1n) is 7.72. The van der Waals surface area contributed by atoms with Crippen molar-refractivity contribution in [2.24, 2.45) is 0 Å². The summed E-state index contributed by atoms with van der Waals surface area (Å²) in [5.41, 5.74) is 1.08. The molecule has 1 aromatic carbocycles. The van der Waals surface area contributed by atoms with Crippen LogP contribution in [-0.2, 0) is 11.3 Å². The highest BCUT2D eigenvalue weighted by Gasteiger charge is 2.39. The standard InChI is InChI=1S/C17H18ClN3O3/c1-24-8-7-21-16(22)6-5-14(20-21)17(23)19-15-10-13(15)11-3-2-4-12(18)9-11/h2-6,9,13,15H,7-8,10H2,1H3,(H,19,23)/t13-,15+/m0/s1. The Hall–Kier alpha value is -2.18. The molecule has 3 rings (SSSR count). The van der Waals surface area contributed by atoms with Gasteiger partial charge in [0.05, 0.1) is 13.2 Å². The zero-order valence-corrected chi connectivity index (χ0v) is 14.0. The van der Waals surface area contributed by atoms with Gasteiger partial charge in [-0.3, -0.25) is 9.59 Å². The van der Waals surface area contributed by atoms with Gasteiger partial charge < -0.3 is 10.1 Å². The first-order valence-corrected chi connectivity index (χ1v) is 8.09. The van der Waals surface area contributed by atoms with E-state index in [1.165, 1.54) is 16.8 Å². The van der Waals surface area contributed by atoms with Crippen molar-refractivity contribution in [1.29, 1.82) is 0 Å². The van der Waals surface area contributed by atoms with Gasteiger partial charge in [-0.1, -0.05) is 23.7 Å². The van der Waals surface area contributed by atoms with Gasteiger partial charge in [-0.05, 0) is 30.2 Å². The van der Waals surface area contributed by atoms with Crippen LogP contribution < -0.4 is 10.9 Å². The average Bonchev–Trinajstić information content (AvgIpc) is 3.33. The summed E-state index contributed by atoms with van der Waals surface area (Å²) in [7, 11) is 1.55. The minimum Gasteiger partial charge on any atom is -0.383 e. The van der Waals surface area contributed by atoms with Crippen LogP contribution in [0.3, 0.4) is 0 Å². The van der Waals surface area contributed by atoms with Crippen molar-refractivity contribution in [3.8, 4) is 0 Å². The molecule has 6 nitrogen and oxygen atoms in total. The first-order chi connectivity index (χ1) is 11.6. The number of benzene rings is 1. The summed E-state index contributed by atoms with van der Waals surface area (Å²) in [5, 5.41) is 7.73. The number of nitrogens with zero attached hydrogens (tertiary/aromatic N) is 2. The highest BCUT2D eigenvalue weighted by atomic mass is 35.5. The fraction of sp³-hybridized carbons (Fsp3) is 0.353. The lowest BCUT2D eigenvalue weighted by Crippen LogP contribution is -2.31. The van der Waals surface area contributed by atoms with Gasteiger partial charge in [0, 0.05) is 30.2 Å². The van der Waals surface area contributed by atoms with Crippen LogP contribution in [0.4, 0.5) is 0 Å². The van der Waals surface area contributed by atoms with Gasteiger partial charge in [0.2, 0.25) is 0 Å². The van der Waals surface area contributed by atoms with E-state index in [0.717, 1.165) is 12.0 Å². The lowest BCUT2D eigenvalue weighted by atomic mass is 10.1. The number of aromatic nitrogens is 2. The van der Waals surface area contributed by atoms with Crippen LogP contribution in [0.25, 0.3) is 0 Å². The Labute approximate surface area is 144 Å². The summed E-state index contributed by atoms with van der Waals surface area (Å²) in [6.45, 7) is 0.669. The lowest BCUT2D eigenvalue weighted by molar-refractivity contribution is 0.0941. The number of hydrogen-bond donors (Lipinski definition) is 1. The number of hydrogen-bond acceptors (Lipinski definition) is 4. The van der Waals surface area contributed by atoms with E-state index in [9.17, 15) is 9.59 Å². The van der Waals surface area contributed by atoms with E-state index in [4.69, 9.17) is 16.3 Å². The molecular formula is C17H18ClN3O3. The minimum absolute atomic E-state index is 0.0668. The van der Waals surface area contributed by atoms with Crippen molar-refractivity contribution in [2.45, 2.75) is 24.9 Å². The van der Waals surface area contributed by atoms with Gasteiger partial charge in [0.25, 0.3) is 11.5 Å². The van der Waals surface area contributed by atoms with Gasteiger partial charge in [0.15, 0.2) is 0 Å². The van der Waals surface area contributed by atoms with E-state index in [0.29, 0.717) is 18.2 Å². The van der Waals surface area contributed by atoms with Crippen LogP contribution in [0.2, 0.25) is 5.02 Å². The second kappa shape index (κ2) is 7.15. The summed E-state index contributed by atoms with van der Waals surface area (Å²) in [6.07, 6.45) is 0.870. The van der Waals surface area contributed by atoms with Gasteiger partial charge in [-0.25, -0.2) is 4.68 Å². The van der Waals surface area contributed by atoms with Crippen LogP contribution in [-0.4, -0.2) is 35.4 Å². The molecule has 1 heterocycles. The fourth-order valence-electron chi connectivity index (χ4n) is 2.61. The normalized spacial score (nSPS) is 19.1. The van der Waals surface area contributed by atoms with E-state index in [-0.39, 0.29) is 29.1 Å². The van der Waals surface area contributed by atoms with Gasteiger partial charge in [-0.2, -0.15) is 5.10 Å². The Morgan fingerprint density at radius 3 is 3.00 bits per heavy atom. The van der Waals surface area contributed by atoms with Crippen LogP contribution >= 0.6 is 11.6 Å². The van der Waals surface area contributed by atoms with Crippen molar-refractivity contribution in [1.82, 2.24) is 15.1 Å². The summed E-state index contributed by atoms with van der Waals surface area (Å²) in [6, 6.07) is 10.5. The van der Waals surface area contributed by atoms with Crippen LogP contribution in [0.1, 0.15) is 28.4 Å². The quantitative estimate of drug-likeness (QED) is 0.865. The molecule has 2 atom stereocenters. The summed E-state index contributed by atoms with van der Waals surface area (Å²) in [4.78, 5) is 24.0. The number of ether oxygens (including phenoxy) is 1. The molecule has 0 radical (unpaired) electrons. The van der Waals surface area contributed by atoms with E-state index >= 15 is 0 Å². The number of rotatable bonds is 6. The Kier molecular flexibility index (Phi) is 4.97. The molecule has 0 bridgehead atoms. The average molecular weight is 348 g/mol. The van der Waals surface area contributed by atoms with E-state index in [1.54, 1.807) is 7.11 Å². The Morgan fingerprint density at radius 2 is 2.25 bits per heavy atom. The number of halogens is 1. The van der Waals surface area contributed by atoms with Crippen molar-refractivity contribution < 1.29 is 9.53 Å². The minimum atomic E-state index is -0.282. The van der Waals surface area contributed by atoms with Gasteiger partial charge in [-0.15, -0.1) is 0 Å². The number of methoxy groups -OCH3 is 1. The molecule has 0 unspecified atom stereocenters. The molecule has 1 saturated carbocycles. The van der Waals surface area contributed by atoms with Crippen LogP contribution in [0, 0.1) is 0 Å². The molecule has 0 saturated heterocycles. The maximum atomic E-state index is 12.3. The second-order valence-electron chi connectivity index (χ2n) is 5.75. The number of carbonyl (C=O) groups is 1. The molecule has 1 aliphatic carbocycles. The summed E-state index contributed by atoms with van der Waals surface area (Å²) < 4.78 is 6.17. The van der Waals surface area contributed by atoms with Gasteiger partial charge in [0.1, 0.15) is 5.69 Å². The molecule has 1 N–H and O–H groups in total. The molecule has 1 aromatic heterocycles. The zero-order valence-electron chi connectivity index (χ0n) is 13.2. The van der Waals surface area contributed by atoms with Crippen molar-refractivity contribution in [3.63, 3.8) is 0 Å². The number of nitrogens with one attached hydrogen (secondary N) is 1. The monoisotopic (exact) mass is 347 g/mol. The molecule has 126 valence electrons. The number of amides is 1. The molecule has 0 spiro atoms. The van der Waals surface area contributed by atoms with E-state index in [2.05, 4.69) is 10.4 Å². The summed E-state index contributed by atoms with van der Waals surface area (Å²) in [5.74, 6) is -0.0114. The maximum absolute atomic E-state index is 12.3. The highest BCUT2D eigenvalue weighted by Crippen LogP contribution is 2.41. The van der Waals surface area contributed by atoms with Crippen molar-refractivity contribution in [2.75, 3.05) is 13.7 Å². The Bertz CT molecular complexity index is 806. The molecule has 1 amide bonds. The zero-order chi connectivity index (χ0) is 17.1. The molecule has 0 aliphatic heterocycles. The first kappa shape index (κ1) is 16.7. The molecule has 1 fully saturated rings. The van der Waals surface area contributed by atoms with E-state index in [1.807, 2.05) is 24.3 Å². The third-order valence-corrected chi connectivity index (χ3v) is 4.23. The highest BCUT2D eigenvalue weighted by molar-refractivity contribution is 6.30. The maximum Gasteiger partial charge on any atom is 0.271 e. The smallest absolute Gasteiger partial charge is 0.271 e. The SMILES string of the molecule is COCCn1nc(C(=O)N[C@@H]2C[C@H]2c2cccc(Cl)c2)ccc1=O. The Balaban J connectivity index is 1.65. The van der Waals surface area contributed by atoms with Gasteiger partial charge >= 0.3 is 0 Å². The molecule has 2 aromatic rings. The third kappa shape index (κ3) is 3.83. The van der Waals surface area contributed by atoms with Crippen molar-refractivity contribution in [3.05, 3.63) is 63.0 Å². The van der Waals surface area contributed by atoms with Crippen LogP contribution in [0.15, 0.2) is 41.2 Å². The topological polar surface area (TPSA) is 73.2 Å². The lowest BCUT2D eigenvalue weighted by Gasteiger charge is -2.07. The molecule has 7 heteroatoms.